The van der Waals surface area contributed by atoms with Crippen molar-refractivity contribution in [3.05, 3.63) is 64.1 Å². The van der Waals surface area contributed by atoms with Crippen molar-refractivity contribution in [2.24, 2.45) is 0 Å². The summed E-state index contributed by atoms with van der Waals surface area (Å²) in [6.45, 7) is 0. The fourth-order valence-corrected chi connectivity index (χ4v) is 4.19. The van der Waals surface area contributed by atoms with Crippen LogP contribution in [0.2, 0.25) is 0 Å². The molecule has 3 rings (SSSR count). The average Bonchev–Trinajstić information content (AvgIpc) is 2.85. The van der Waals surface area contributed by atoms with Gasteiger partial charge in [0.05, 0.1) is 6.10 Å². The Hall–Kier alpha value is -0.770. The van der Waals surface area contributed by atoms with Crippen LogP contribution in [0, 0.1) is 0 Å². The lowest BCUT2D eigenvalue weighted by molar-refractivity contribution is 0.172. The molecule has 2 atom stereocenters. The maximum Gasteiger partial charge on any atom is 0.0706 e. The Bertz CT molecular complexity index is 559. The summed E-state index contributed by atoms with van der Waals surface area (Å²) in [7, 11) is 0. The van der Waals surface area contributed by atoms with Crippen LogP contribution in [0.4, 0.5) is 0 Å². The number of halogens is 1. The summed E-state index contributed by atoms with van der Waals surface area (Å²) in [5.74, 6) is 0. The van der Waals surface area contributed by atoms with Crippen molar-refractivity contribution in [1.29, 1.82) is 0 Å². The first-order valence-corrected chi connectivity index (χ1v) is 8.07. The van der Waals surface area contributed by atoms with Gasteiger partial charge in [-0.15, -0.1) is 11.8 Å². The summed E-state index contributed by atoms with van der Waals surface area (Å²) in [6.07, 6.45) is 1.36. The van der Waals surface area contributed by atoms with Crippen LogP contribution in [-0.4, -0.2) is 16.5 Å². The van der Waals surface area contributed by atoms with Gasteiger partial charge in [-0.2, -0.15) is 0 Å². The number of hydrogen-bond donors (Lipinski definition) is 1. The van der Waals surface area contributed by atoms with Crippen LogP contribution >= 0.6 is 27.7 Å². The van der Waals surface area contributed by atoms with E-state index >= 15 is 0 Å². The van der Waals surface area contributed by atoms with Gasteiger partial charge in [0, 0.05) is 21.0 Å². The van der Waals surface area contributed by atoms with E-state index in [1.807, 2.05) is 18.2 Å². The molecule has 0 aromatic heterocycles. The molecule has 19 heavy (non-hydrogen) atoms. The lowest BCUT2D eigenvalue weighted by Crippen LogP contribution is -2.25. The summed E-state index contributed by atoms with van der Waals surface area (Å²) in [5, 5.41) is 10.7. The fourth-order valence-electron chi connectivity index (χ4n) is 2.44. The third-order valence-electron chi connectivity index (χ3n) is 3.49. The van der Waals surface area contributed by atoms with E-state index in [4.69, 9.17) is 0 Å². The maximum atomic E-state index is 10.5. The van der Waals surface area contributed by atoms with Crippen molar-refractivity contribution >= 4 is 27.7 Å². The normalized spacial score (nSPS) is 19.2. The molecule has 3 heteroatoms. The largest absolute Gasteiger partial charge is 0.392 e. The van der Waals surface area contributed by atoms with Crippen molar-refractivity contribution < 1.29 is 5.11 Å². The van der Waals surface area contributed by atoms with Crippen molar-refractivity contribution in [1.82, 2.24) is 0 Å². The smallest absolute Gasteiger partial charge is 0.0706 e. The number of thioether (sulfide) groups is 1. The standard InChI is InChI=1S/C16H15BrOS/c17-13-7-3-1-5-11(13)9-14(18)16-10-12-6-2-4-8-15(12)19-16/h1-8,14,16,18H,9-10H2. The first-order valence-electron chi connectivity index (χ1n) is 6.40. The molecule has 1 heterocycles. The summed E-state index contributed by atoms with van der Waals surface area (Å²) in [6, 6.07) is 16.6. The van der Waals surface area contributed by atoms with Gasteiger partial charge in [0.1, 0.15) is 0 Å². The van der Waals surface area contributed by atoms with Crippen LogP contribution in [-0.2, 0) is 12.8 Å². The van der Waals surface area contributed by atoms with E-state index in [9.17, 15) is 5.11 Å². The van der Waals surface area contributed by atoms with Crippen LogP contribution in [0.5, 0.6) is 0 Å². The summed E-state index contributed by atoms with van der Waals surface area (Å²) in [5.41, 5.74) is 2.54. The molecular formula is C16H15BrOS. The van der Waals surface area contributed by atoms with Gasteiger partial charge in [0.25, 0.3) is 0 Å². The maximum absolute atomic E-state index is 10.5. The van der Waals surface area contributed by atoms with Gasteiger partial charge in [-0.1, -0.05) is 52.3 Å². The zero-order valence-electron chi connectivity index (χ0n) is 10.4. The molecule has 1 aliphatic heterocycles. The molecular weight excluding hydrogens is 320 g/mol. The highest BCUT2D eigenvalue weighted by molar-refractivity contribution is 9.10. The van der Waals surface area contributed by atoms with Gasteiger partial charge < -0.3 is 5.11 Å². The number of rotatable bonds is 3. The highest BCUT2D eigenvalue weighted by atomic mass is 79.9. The lowest BCUT2D eigenvalue weighted by atomic mass is 10.0. The van der Waals surface area contributed by atoms with Crippen molar-refractivity contribution in [2.75, 3.05) is 0 Å². The van der Waals surface area contributed by atoms with Crippen LogP contribution in [0.15, 0.2) is 57.9 Å². The van der Waals surface area contributed by atoms with Crippen molar-refractivity contribution in [2.45, 2.75) is 29.1 Å². The van der Waals surface area contributed by atoms with Gasteiger partial charge in [0.15, 0.2) is 0 Å². The Morgan fingerprint density at radius 3 is 2.68 bits per heavy atom. The molecule has 2 unspecified atom stereocenters. The third-order valence-corrected chi connectivity index (χ3v) is 5.70. The summed E-state index contributed by atoms with van der Waals surface area (Å²) < 4.78 is 1.08. The Balaban J connectivity index is 1.70. The molecule has 0 amide bonds. The van der Waals surface area contributed by atoms with Crippen LogP contribution < -0.4 is 0 Å². The highest BCUT2D eigenvalue weighted by Crippen LogP contribution is 2.39. The Labute approximate surface area is 126 Å². The van der Waals surface area contributed by atoms with E-state index in [2.05, 4.69) is 46.3 Å². The molecule has 0 aliphatic carbocycles. The molecule has 0 saturated heterocycles. The average molecular weight is 335 g/mol. The number of aliphatic hydroxyl groups is 1. The Morgan fingerprint density at radius 1 is 1.16 bits per heavy atom. The van der Waals surface area contributed by atoms with E-state index in [-0.39, 0.29) is 11.4 Å². The molecule has 0 spiro atoms. The summed E-state index contributed by atoms with van der Waals surface area (Å²) >= 11 is 5.35. The number of aliphatic hydroxyl groups excluding tert-OH is 1. The molecule has 1 N–H and O–H groups in total. The minimum atomic E-state index is -0.309. The monoisotopic (exact) mass is 334 g/mol. The second-order valence-electron chi connectivity index (χ2n) is 4.83. The van der Waals surface area contributed by atoms with E-state index in [0.717, 1.165) is 10.9 Å². The third kappa shape index (κ3) is 2.88. The molecule has 0 radical (unpaired) electrons. The van der Waals surface area contributed by atoms with Crippen molar-refractivity contribution in [3.8, 4) is 0 Å². The minimum absolute atomic E-state index is 0.268. The SMILES string of the molecule is OC(Cc1ccccc1Br)C1Cc2ccccc2S1. The van der Waals surface area contributed by atoms with Crippen molar-refractivity contribution in [3.63, 3.8) is 0 Å². The minimum Gasteiger partial charge on any atom is -0.392 e. The molecule has 1 nitrogen and oxygen atoms in total. The molecule has 1 aliphatic rings. The van der Waals surface area contributed by atoms with E-state index in [1.165, 1.54) is 16.0 Å². The first kappa shape index (κ1) is 13.2. The second-order valence-corrected chi connectivity index (χ2v) is 6.97. The summed E-state index contributed by atoms with van der Waals surface area (Å²) in [4.78, 5) is 1.32. The van der Waals surface area contributed by atoms with Crippen LogP contribution in [0.25, 0.3) is 0 Å². The molecule has 2 aromatic carbocycles. The van der Waals surface area contributed by atoms with Gasteiger partial charge in [-0.05, 0) is 29.7 Å². The number of fused-ring (bicyclic) bond motifs is 1. The van der Waals surface area contributed by atoms with E-state index in [1.54, 1.807) is 11.8 Å². The predicted octanol–water partition coefficient (Wildman–Crippen LogP) is 4.07. The van der Waals surface area contributed by atoms with Crippen LogP contribution in [0.1, 0.15) is 11.1 Å². The zero-order valence-corrected chi connectivity index (χ0v) is 12.8. The fraction of sp³-hybridized carbons (Fsp3) is 0.250. The zero-order chi connectivity index (χ0) is 13.2. The van der Waals surface area contributed by atoms with Gasteiger partial charge >= 0.3 is 0 Å². The molecule has 0 saturated carbocycles. The number of benzene rings is 2. The van der Waals surface area contributed by atoms with Gasteiger partial charge in [-0.25, -0.2) is 0 Å². The van der Waals surface area contributed by atoms with E-state index < -0.39 is 0 Å². The topological polar surface area (TPSA) is 20.2 Å². The van der Waals surface area contributed by atoms with Crippen LogP contribution in [0.3, 0.4) is 0 Å². The Morgan fingerprint density at radius 2 is 1.89 bits per heavy atom. The number of hydrogen-bond acceptors (Lipinski definition) is 2. The lowest BCUT2D eigenvalue weighted by Gasteiger charge is -2.17. The molecule has 2 aromatic rings. The second kappa shape index (κ2) is 5.70. The molecule has 98 valence electrons. The first-order chi connectivity index (χ1) is 9.24. The highest BCUT2D eigenvalue weighted by Gasteiger charge is 2.28. The van der Waals surface area contributed by atoms with Gasteiger partial charge in [0.2, 0.25) is 0 Å². The quantitative estimate of drug-likeness (QED) is 0.912. The van der Waals surface area contributed by atoms with E-state index in [0.29, 0.717) is 6.42 Å². The predicted molar refractivity (Wildman–Crippen MR) is 83.6 cm³/mol. The molecule has 0 fully saturated rings. The molecule has 0 bridgehead atoms. The van der Waals surface area contributed by atoms with Gasteiger partial charge in [-0.3, -0.25) is 0 Å². The Kier molecular flexibility index (Phi) is 3.96.